The monoisotopic (exact) mass is 371 g/mol. The summed E-state index contributed by atoms with van der Waals surface area (Å²) in [6, 6.07) is 5.56. The fourth-order valence-corrected chi connectivity index (χ4v) is 4.80. The molecule has 1 amide bonds. The Kier molecular flexibility index (Phi) is 5.13. The Morgan fingerprint density at radius 1 is 1.18 bits per heavy atom. The molecule has 116 valence electrons. The molecular formula is C16H15Cl2NOS2. The predicted octanol–water partition coefficient (Wildman–Crippen LogP) is 5.53. The maximum atomic E-state index is 12.7. The van der Waals surface area contributed by atoms with Crippen molar-refractivity contribution >= 4 is 63.5 Å². The fraction of sp³-hybridized carbons (Fsp3) is 0.375. The number of carbonyl (C=O) groups excluding carboxylic acids is 1. The molecule has 2 fully saturated rings. The lowest BCUT2D eigenvalue weighted by molar-refractivity contribution is -0.124. The Labute approximate surface area is 149 Å². The molecule has 0 spiro atoms. The number of hydrogen-bond acceptors (Lipinski definition) is 3. The van der Waals surface area contributed by atoms with Crippen molar-refractivity contribution in [2.75, 3.05) is 0 Å². The minimum absolute atomic E-state index is 0.0158. The van der Waals surface area contributed by atoms with Crippen LogP contribution >= 0.6 is 47.2 Å². The molecule has 2 aliphatic rings. The van der Waals surface area contributed by atoms with Gasteiger partial charge in [0.25, 0.3) is 5.91 Å². The van der Waals surface area contributed by atoms with Crippen molar-refractivity contribution < 1.29 is 4.79 Å². The van der Waals surface area contributed by atoms with Crippen molar-refractivity contribution in [3.63, 3.8) is 0 Å². The van der Waals surface area contributed by atoms with E-state index in [1.807, 2.05) is 0 Å². The molecule has 3 rings (SSSR count). The third-order valence-electron chi connectivity index (χ3n) is 4.04. The van der Waals surface area contributed by atoms with Crippen molar-refractivity contribution in [1.29, 1.82) is 0 Å². The topological polar surface area (TPSA) is 20.3 Å². The second-order valence-corrected chi connectivity index (χ2v) is 7.97. The van der Waals surface area contributed by atoms with E-state index in [9.17, 15) is 4.79 Å². The summed E-state index contributed by atoms with van der Waals surface area (Å²) in [5.74, 6) is -0.0158. The van der Waals surface area contributed by atoms with Crippen LogP contribution in [0.5, 0.6) is 0 Å². The van der Waals surface area contributed by atoms with Gasteiger partial charge in [0.15, 0.2) is 0 Å². The Bertz CT molecular complexity index is 633. The van der Waals surface area contributed by atoms with Crippen LogP contribution < -0.4 is 0 Å². The summed E-state index contributed by atoms with van der Waals surface area (Å²) in [4.78, 5) is 15.1. The van der Waals surface area contributed by atoms with Gasteiger partial charge in [-0.05, 0) is 31.1 Å². The van der Waals surface area contributed by atoms with E-state index in [0.717, 1.165) is 25.7 Å². The van der Waals surface area contributed by atoms with Crippen LogP contribution in [0.25, 0.3) is 6.08 Å². The van der Waals surface area contributed by atoms with Crippen LogP contribution in [0.15, 0.2) is 23.1 Å². The van der Waals surface area contributed by atoms with Crippen LogP contribution in [0.1, 0.15) is 37.7 Å². The van der Waals surface area contributed by atoms with Gasteiger partial charge in [-0.15, -0.1) is 0 Å². The van der Waals surface area contributed by atoms with Gasteiger partial charge in [-0.25, -0.2) is 0 Å². The molecule has 1 heterocycles. The minimum Gasteiger partial charge on any atom is -0.290 e. The number of amides is 1. The second kappa shape index (κ2) is 6.91. The lowest BCUT2D eigenvalue weighted by Gasteiger charge is -2.29. The lowest BCUT2D eigenvalue weighted by Crippen LogP contribution is -2.39. The highest BCUT2D eigenvalue weighted by molar-refractivity contribution is 8.26. The third kappa shape index (κ3) is 3.21. The number of benzene rings is 1. The molecule has 0 bridgehead atoms. The first-order valence-corrected chi connectivity index (χ1v) is 9.27. The van der Waals surface area contributed by atoms with Crippen molar-refractivity contribution in [2.24, 2.45) is 0 Å². The van der Waals surface area contributed by atoms with E-state index in [1.54, 1.807) is 29.2 Å². The minimum atomic E-state index is -0.0158. The van der Waals surface area contributed by atoms with E-state index in [-0.39, 0.29) is 11.9 Å². The van der Waals surface area contributed by atoms with Gasteiger partial charge < -0.3 is 0 Å². The molecule has 0 N–H and O–H groups in total. The summed E-state index contributed by atoms with van der Waals surface area (Å²) < 4.78 is 0.645. The van der Waals surface area contributed by atoms with Gasteiger partial charge in [0.05, 0.1) is 4.91 Å². The van der Waals surface area contributed by atoms with E-state index >= 15 is 0 Å². The van der Waals surface area contributed by atoms with Crippen molar-refractivity contribution in [2.45, 2.75) is 38.1 Å². The number of nitrogens with zero attached hydrogens (tertiary/aromatic N) is 1. The molecule has 0 radical (unpaired) electrons. The Morgan fingerprint density at radius 3 is 2.45 bits per heavy atom. The molecule has 2 nitrogen and oxygen atoms in total. The molecule has 6 heteroatoms. The molecule has 1 saturated heterocycles. The predicted molar refractivity (Wildman–Crippen MR) is 98.3 cm³/mol. The summed E-state index contributed by atoms with van der Waals surface area (Å²) >= 11 is 19.1. The van der Waals surface area contributed by atoms with Gasteiger partial charge in [0.2, 0.25) is 0 Å². The van der Waals surface area contributed by atoms with E-state index < -0.39 is 0 Å². The van der Waals surface area contributed by atoms with Gasteiger partial charge in [0, 0.05) is 21.7 Å². The molecule has 1 aromatic rings. The quantitative estimate of drug-likeness (QED) is 0.503. The van der Waals surface area contributed by atoms with Gasteiger partial charge in [-0.1, -0.05) is 72.5 Å². The first kappa shape index (κ1) is 16.3. The van der Waals surface area contributed by atoms with Crippen LogP contribution in [0.2, 0.25) is 10.0 Å². The Balaban J connectivity index is 1.89. The number of halogens is 2. The van der Waals surface area contributed by atoms with Crippen LogP contribution in [-0.2, 0) is 4.79 Å². The molecule has 0 aromatic heterocycles. The normalized spacial score (nSPS) is 21.9. The zero-order valence-electron chi connectivity index (χ0n) is 11.9. The maximum absolute atomic E-state index is 12.7. The summed E-state index contributed by atoms with van der Waals surface area (Å²) in [7, 11) is 0. The van der Waals surface area contributed by atoms with Gasteiger partial charge in [-0.2, -0.15) is 0 Å². The molecular weight excluding hydrogens is 357 g/mol. The van der Waals surface area contributed by atoms with E-state index in [2.05, 4.69) is 0 Å². The molecule has 0 atom stereocenters. The van der Waals surface area contributed by atoms with E-state index in [0.29, 0.717) is 24.8 Å². The first-order chi connectivity index (χ1) is 10.6. The number of thioether (sulfide) groups is 1. The lowest BCUT2D eigenvalue weighted by atomic mass is 9.94. The number of thiocarbonyl (C=S) groups is 1. The zero-order chi connectivity index (χ0) is 15.7. The highest BCUT2D eigenvalue weighted by atomic mass is 35.5. The average molecular weight is 372 g/mol. The summed E-state index contributed by atoms with van der Waals surface area (Å²) in [5, 5.41) is 1.07. The fourth-order valence-electron chi connectivity index (χ4n) is 2.91. The summed E-state index contributed by atoms with van der Waals surface area (Å²) in [6.07, 6.45) is 7.40. The van der Waals surface area contributed by atoms with Gasteiger partial charge >= 0.3 is 0 Å². The Morgan fingerprint density at radius 2 is 1.82 bits per heavy atom. The Hall–Kier alpha value is -0.550. The van der Waals surface area contributed by atoms with E-state index in [1.165, 1.54) is 18.2 Å². The highest BCUT2D eigenvalue weighted by Gasteiger charge is 2.37. The average Bonchev–Trinajstić information content (AvgIpc) is 2.78. The van der Waals surface area contributed by atoms with Crippen LogP contribution in [0.3, 0.4) is 0 Å². The second-order valence-electron chi connectivity index (χ2n) is 5.48. The van der Waals surface area contributed by atoms with Crippen molar-refractivity contribution in [3.8, 4) is 0 Å². The van der Waals surface area contributed by atoms with Gasteiger partial charge in [-0.3, -0.25) is 9.69 Å². The van der Waals surface area contributed by atoms with Crippen LogP contribution in [0, 0.1) is 0 Å². The first-order valence-electron chi connectivity index (χ1n) is 7.29. The summed E-state index contributed by atoms with van der Waals surface area (Å²) in [5.41, 5.74) is 0.676. The SMILES string of the molecule is O=C1/C(=C\c2c(Cl)cccc2Cl)SC(=S)N1C1CCCCC1. The number of carbonyl (C=O) groups is 1. The van der Waals surface area contributed by atoms with Gasteiger partial charge in [0.1, 0.15) is 4.32 Å². The molecule has 1 aliphatic carbocycles. The number of hydrogen-bond donors (Lipinski definition) is 0. The zero-order valence-corrected chi connectivity index (χ0v) is 15.0. The standard InChI is InChI=1S/C16H15Cl2NOS2/c17-12-7-4-8-13(18)11(12)9-14-15(20)19(16(21)22-14)10-5-2-1-3-6-10/h4,7-10H,1-3,5-6H2/b14-9+. The third-order valence-corrected chi connectivity index (χ3v) is 6.03. The van der Waals surface area contributed by atoms with E-state index in [4.69, 9.17) is 35.4 Å². The summed E-state index contributed by atoms with van der Waals surface area (Å²) in [6.45, 7) is 0. The highest BCUT2D eigenvalue weighted by Crippen LogP contribution is 2.38. The maximum Gasteiger partial charge on any atom is 0.266 e. The van der Waals surface area contributed by atoms with Crippen LogP contribution in [-0.4, -0.2) is 21.2 Å². The molecule has 22 heavy (non-hydrogen) atoms. The van der Waals surface area contributed by atoms with Crippen LogP contribution in [0.4, 0.5) is 0 Å². The number of rotatable bonds is 2. The van der Waals surface area contributed by atoms with Crippen molar-refractivity contribution in [1.82, 2.24) is 4.90 Å². The molecule has 1 aromatic carbocycles. The van der Waals surface area contributed by atoms with Crippen molar-refractivity contribution in [3.05, 3.63) is 38.7 Å². The molecule has 0 unspecified atom stereocenters. The smallest absolute Gasteiger partial charge is 0.266 e. The largest absolute Gasteiger partial charge is 0.290 e. The molecule has 1 aliphatic heterocycles. The molecule has 1 saturated carbocycles.